The number of benzene rings is 1. The number of ketones is 1. The zero-order chi connectivity index (χ0) is 14.5. The monoisotopic (exact) mass is 274 g/mol. The van der Waals surface area contributed by atoms with Crippen LogP contribution in [0.25, 0.3) is 0 Å². The van der Waals surface area contributed by atoms with Crippen molar-refractivity contribution in [1.82, 2.24) is 10.2 Å². The Hall–Kier alpha value is -1.19. The van der Waals surface area contributed by atoms with Gasteiger partial charge in [-0.2, -0.15) is 0 Å². The van der Waals surface area contributed by atoms with Gasteiger partial charge in [0, 0.05) is 19.5 Å². The lowest BCUT2D eigenvalue weighted by molar-refractivity contribution is -0.119. The summed E-state index contributed by atoms with van der Waals surface area (Å²) in [7, 11) is 0. The van der Waals surface area contributed by atoms with Crippen LogP contribution in [0.3, 0.4) is 0 Å². The first-order valence-corrected chi connectivity index (χ1v) is 7.58. The maximum Gasteiger partial charge on any atom is 0.151 e. The predicted molar refractivity (Wildman–Crippen MR) is 83.3 cm³/mol. The highest BCUT2D eigenvalue weighted by Gasteiger charge is 2.15. The van der Waals surface area contributed by atoms with Crippen molar-refractivity contribution in [2.75, 3.05) is 32.7 Å². The molecular formula is C17H26N2O. The molecule has 1 aliphatic heterocycles. The predicted octanol–water partition coefficient (Wildman–Crippen LogP) is 2.02. The first-order valence-electron chi connectivity index (χ1n) is 7.58. The van der Waals surface area contributed by atoms with Gasteiger partial charge in [-0.25, -0.2) is 0 Å². The average Bonchev–Trinajstić information content (AvgIpc) is 2.62. The van der Waals surface area contributed by atoms with Crippen molar-refractivity contribution in [1.29, 1.82) is 0 Å². The van der Waals surface area contributed by atoms with E-state index in [1.54, 1.807) is 0 Å². The topological polar surface area (TPSA) is 32.3 Å². The van der Waals surface area contributed by atoms with Crippen molar-refractivity contribution in [2.45, 2.75) is 33.6 Å². The summed E-state index contributed by atoms with van der Waals surface area (Å²) in [6.45, 7) is 11.0. The summed E-state index contributed by atoms with van der Waals surface area (Å²) in [4.78, 5) is 14.6. The third-order valence-electron chi connectivity index (χ3n) is 4.05. The molecular weight excluding hydrogens is 248 g/mol. The Morgan fingerprint density at radius 3 is 2.55 bits per heavy atom. The third-order valence-corrected chi connectivity index (χ3v) is 4.05. The van der Waals surface area contributed by atoms with Crippen LogP contribution in [0.4, 0.5) is 0 Å². The van der Waals surface area contributed by atoms with E-state index in [0.29, 0.717) is 18.7 Å². The van der Waals surface area contributed by atoms with Gasteiger partial charge in [0.1, 0.15) is 0 Å². The second-order valence-electron chi connectivity index (χ2n) is 5.97. The summed E-state index contributed by atoms with van der Waals surface area (Å²) in [6.07, 6.45) is 1.71. The molecule has 0 aliphatic carbocycles. The number of nitrogens with zero attached hydrogens (tertiary/aromatic N) is 1. The maximum atomic E-state index is 12.3. The summed E-state index contributed by atoms with van der Waals surface area (Å²) in [5, 5.41) is 3.37. The van der Waals surface area contributed by atoms with E-state index in [-0.39, 0.29) is 0 Å². The molecule has 1 saturated heterocycles. The molecule has 1 aromatic carbocycles. The molecule has 0 amide bonds. The van der Waals surface area contributed by atoms with Crippen molar-refractivity contribution < 1.29 is 4.79 Å². The summed E-state index contributed by atoms with van der Waals surface area (Å²) < 4.78 is 0. The smallest absolute Gasteiger partial charge is 0.151 e. The van der Waals surface area contributed by atoms with Gasteiger partial charge in [0.15, 0.2) is 5.78 Å². The largest absolute Gasteiger partial charge is 0.315 e. The summed E-state index contributed by atoms with van der Waals surface area (Å²) in [6, 6.07) is 4.34. The van der Waals surface area contributed by atoms with Crippen LogP contribution < -0.4 is 5.32 Å². The molecule has 0 spiro atoms. The molecule has 0 bridgehead atoms. The van der Waals surface area contributed by atoms with Crippen LogP contribution in [0.2, 0.25) is 0 Å². The van der Waals surface area contributed by atoms with Crippen molar-refractivity contribution >= 4 is 5.78 Å². The Morgan fingerprint density at radius 1 is 1.15 bits per heavy atom. The molecule has 1 fully saturated rings. The molecule has 1 heterocycles. The second-order valence-corrected chi connectivity index (χ2v) is 5.97. The number of rotatable bonds is 4. The van der Waals surface area contributed by atoms with Crippen molar-refractivity contribution in [3.8, 4) is 0 Å². The minimum absolute atomic E-state index is 0.335. The number of carbonyl (C=O) groups is 1. The zero-order valence-electron chi connectivity index (χ0n) is 13.0. The highest BCUT2D eigenvalue weighted by Crippen LogP contribution is 2.17. The van der Waals surface area contributed by atoms with Gasteiger partial charge in [0.2, 0.25) is 0 Å². The standard InChI is InChI=1S/C17H26N2O/c1-13-9-14(2)17(15(3)10-13)11-16(20)12-19-7-4-5-18-6-8-19/h9-10,18H,4-8,11-12H2,1-3H3. The first-order chi connectivity index (χ1) is 9.56. The van der Waals surface area contributed by atoms with Gasteiger partial charge < -0.3 is 5.32 Å². The number of aryl methyl sites for hydroxylation is 3. The second kappa shape index (κ2) is 7.00. The SMILES string of the molecule is Cc1cc(C)c(CC(=O)CN2CCCNCC2)c(C)c1. The number of hydrogen-bond acceptors (Lipinski definition) is 3. The van der Waals surface area contributed by atoms with E-state index >= 15 is 0 Å². The van der Waals surface area contributed by atoms with Gasteiger partial charge in [-0.3, -0.25) is 9.69 Å². The lowest BCUT2D eigenvalue weighted by Gasteiger charge is -2.19. The maximum absolute atomic E-state index is 12.3. The number of Topliss-reactive ketones (excluding diaryl/α,β-unsaturated/α-hetero) is 1. The summed E-state index contributed by atoms with van der Waals surface area (Å²) >= 11 is 0. The molecule has 0 aromatic heterocycles. The van der Waals surface area contributed by atoms with Crippen molar-refractivity contribution in [3.05, 3.63) is 34.4 Å². The van der Waals surface area contributed by atoms with E-state index in [4.69, 9.17) is 0 Å². The highest BCUT2D eigenvalue weighted by molar-refractivity contribution is 5.83. The fourth-order valence-electron chi connectivity index (χ4n) is 3.05. The van der Waals surface area contributed by atoms with E-state index in [1.165, 1.54) is 22.3 Å². The lowest BCUT2D eigenvalue weighted by atomic mass is 9.96. The Bertz CT molecular complexity index is 451. The van der Waals surface area contributed by atoms with Crippen LogP contribution >= 0.6 is 0 Å². The van der Waals surface area contributed by atoms with E-state index in [1.807, 2.05) is 0 Å². The molecule has 0 atom stereocenters. The van der Waals surface area contributed by atoms with Crippen LogP contribution in [0, 0.1) is 20.8 Å². The van der Waals surface area contributed by atoms with Gasteiger partial charge in [0.05, 0.1) is 6.54 Å². The zero-order valence-corrected chi connectivity index (χ0v) is 13.0. The van der Waals surface area contributed by atoms with E-state index in [9.17, 15) is 4.79 Å². The van der Waals surface area contributed by atoms with Gasteiger partial charge in [0.25, 0.3) is 0 Å². The van der Waals surface area contributed by atoms with Crippen LogP contribution in [-0.4, -0.2) is 43.4 Å². The molecule has 3 nitrogen and oxygen atoms in total. The van der Waals surface area contributed by atoms with Gasteiger partial charge >= 0.3 is 0 Å². The Labute approximate surface area is 122 Å². The molecule has 0 unspecified atom stereocenters. The van der Waals surface area contributed by atoms with E-state index in [2.05, 4.69) is 43.1 Å². The van der Waals surface area contributed by atoms with Crippen molar-refractivity contribution in [2.24, 2.45) is 0 Å². The normalized spacial score (nSPS) is 16.9. The van der Waals surface area contributed by atoms with E-state index in [0.717, 1.165) is 32.6 Å². The van der Waals surface area contributed by atoms with Crippen LogP contribution in [0.1, 0.15) is 28.7 Å². The molecule has 3 heteroatoms. The lowest BCUT2D eigenvalue weighted by Crippen LogP contribution is -2.33. The third kappa shape index (κ3) is 4.15. The van der Waals surface area contributed by atoms with Crippen LogP contribution in [0.15, 0.2) is 12.1 Å². The Balaban J connectivity index is 1.97. The molecule has 1 N–H and O–H groups in total. The molecule has 1 aromatic rings. The number of carbonyl (C=O) groups excluding carboxylic acids is 1. The minimum atomic E-state index is 0.335. The molecule has 1 aliphatic rings. The highest BCUT2D eigenvalue weighted by atomic mass is 16.1. The molecule has 2 rings (SSSR count). The van der Waals surface area contributed by atoms with E-state index < -0.39 is 0 Å². The summed E-state index contributed by atoms with van der Waals surface area (Å²) in [5.74, 6) is 0.335. The van der Waals surface area contributed by atoms with Gasteiger partial charge in [-0.15, -0.1) is 0 Å². The number of nitrogens with one attached hydrogen (secondary N) is 1. The molecule has 0 saturated carbocycles. The fourth-order valence-corrected chi connectivity index (χ4v) is 3.05. The Morgan fingerprint density at radius 2 is 1.85 bits per heavy atom. The first kappa shape index (κ1) is 15.2. The van der Waals surface area contributed by atoms with Gasteiger partial charge in [-0.1, -0.05) is 17.7 Å². The molecule has 0 radical (unpaired) electrons. The minimum Gasteiger partial charge on any atom is -0.315 e. The van der Waals surface area contributed by atoms with Crippen LogP contribution in [0.5, 0.6) is 0 Å². The fraction of sp³-hybridized carbons (Fsp3) is 0.588. The van der Waals surface area contributed by atoms with Crippen molar-refractivity contribution in [3.63, 3.8) is 0 Å². The quantitative estimate of drug-likeness (QED) is 0.911. The number of hydrogen-bond donors (Lipinski definition) is 1. The Kier molecular flexibility index (Phi) is 5.32. The van der Waals surface area contributed by atoms with Gasteiger partial charge in [-0.05, 0) is 57.0 Å². The molecule has 20 heavy (non-hydrogen) atoms. The summed E-state index contributed by atoms with van der Waals surface area (Å²) in [5.41, 5.74) is 4.98. The van der Waals surface area contributed by atoms with Crippen LogP contribution in [-0.2, 0) is 11.2 Å². The average molecular weight is 274 g/mol. The molecule has 110 valence electrons.